The number of benzene rings is 1. The van der Waals surface area contributed by atoms with Crippen molar-refractivity contribution in [1.82, 2.24) is 9.62 Å². The van der Waals surface area contributed by atoms with Crippen LogP contribution in [0.4, 0.5) is 4.39 Å². The minimum absolute atomic E-state index is 0.213. The number of hydrogen-bond acceptors (Lipinski definition) is 4. The monoisotopic (exact) mass is 333 g/mol. The zero-order valence-corrected chi connectivity index (χ0v) is 13.9. The lowest BCUT2D eigenvalue weighted by molar-refractivity contribution is 0.278. The fourth-order valence-corrected chi connectivity index (χ4v) is 3.18. The number of nitrogens with one attached hydrogen (secondary N) is 1. The summed E-state index contributed by atoms with van der Waals surface area (Å²) in [4.78, 5) is 1.47. The molecule has 3 N–H and O–H groups in total. The molecule has 0 aliphatic carbocycles. The second-order valence-corrected chi connectivity index (χ2v) is 7.12. The lowest BCUT2D eigenvalue weighted by Crippen LogP contribution is -2.36. The number of rotatable bonds is 7. The largest absolute Gasteiger partial charge is 0.389 e. The summed E-state index contributed by atoms with van der Waals surface area (Å²) in [5.74, 6) is -0.746. The molecular formula is C13H20FN3O2S2. The van der Waals surface area contributed by atoms with E-state index in [1.54, 1.807) is 0 Å². The topological polar surface area (TPSA) is 75.4 Å². The van der Waals surface area contributed by atoms with Crippen LogP contribution in [-0.2, 0) is 10.0 Å². The summed E-state index contributed by atoms with van der Waals surface area (Å²) in [5, 5.41) is 0. The van der Waals surface area contributed by atoms with Gasteiger partial charge in [0.2, 0.25) is 10.0 Å². The molecule has 118 valence electrons. The van der Waals surface area contributed by atoms with Gasteiger partial charge in [0.25, 0.3) is 0 Å². The molecule has 1 rings (SSSR count). The first-order valence-corrected chi connectivity index (χ1v) is 8.34. The van der Waals surface area contributed by atoms with Gasteiger partial charge in [-0.15, -0.1) is 0 Å². The SMILES string of the molecule is CC(C)N(C)CCNS(=O)(=O)c1cccc(F)c1C(N)=S. The van der Waals surface area contributed by atoms with Crippen LogP contribution in [0, 0.1) is 5.82 Å². The van der Waals surface area contributed by atoms with E-state index in [9.17, 15) is 12.8 Å². The minimum atomic E-state index is -3.86. The Morgan fingerprint density at radius 3 is 2.62 bits per heavy atom. The molecule has 0 aliphatic heterocycles. The standard InChI is InChI=1S/C13H20FN3O2S2/c1-9(2)17(3)8-7-16-21(18,19)11-6-4-5-10(14)12(11)13(15)20/h4-6,9,16H,7-8H2,1-3H3,(H2,15,20). The molecule has 21 heavy (non-hydrogen) atoms. The van der Waals surface area contributed by atoms with Gasteiger partial charge in [0.1, 0.15) is 10.8 Å². The Morgan fingerprint density at radius 1 is 1.48 bits per heavy atom. The number of likely N-dealkylation sites (N-methyl/N-ethyl adjacent to an activating group) is 1. The third-order valence-corrected chi connectivity index (χ3v) is 4.86. The molecule has 1 aromatic carbocycles. The van der Waals surface area contributed by atoms with E-state index < -0.39 is 15.8 Å². The van der Waals surface area contributed by atoms with Crippen LogP contribution < -0.4 is 10.5 Å². The molecule has 0 spiro atoms. The molecule has 0 heterocycles. The summed E-state index contributed by atoms with van der Waals surface area (Å²) in [6.07, 6.45) is 0. The molecule has 8 heteroatoms. The molecule has 5 nitrogen and oxygen atoms in total. The number of thiocarbonyl (C=S) groups is 1. The Balaban J connectivity index is 2.94. The molecule has 1 aromatic rings. The molecule has 0 aliphatic rings. The van der Waals surface area contributed by atoms with Crippen molar-refractivity contribution >= 4 is 27.2 Å². The summed E-state index contributed by atoms with van der Waals surface area (Å²) in [6.45, 7) is 4.76. The summed E-state index contributed by atoms with van der Waals surface area (Å²) in [6, 6.07) is 4.02. The smallest absolute Gasteiger partial charge is 0.241 e. The van der Waals surface area contributed by atoms with Crippen LogP contribution in [0.5, 0.6) is 0 Å². The van der Waals surface area contributed by atoms with Crippen LogP contribution in [0.25, 0.3) is 0 Å². The molecule has 0 radical (unpaired) electrons. The minimum Gasteiger partial charge on any atom is -0.389 e. The van der Waals surface area contributed by atoms with Crippen LogP contribution in [-0.4, -0.2) is 44.5 Å². The second kappa shape index (κ2) is 7.26. The Kier molecular flexibility index (Phi) is 6.21. The van der Waals surface area contributed by atoms with E-state index in [1.807, 2.05) is 25.8 Å². The number of nitrogens with zero attached hydrogens (tertiary/aromatic N) is 1. The van der Waals surface area contributed by atoms with E-state index in [1.165, 1.54) is 12.1 Å². The van der Waals surface area contributed by atoms with Gasteiger partial charge >= 0.3 is 0 Å². The molecule has 0 unspecified atom stereocenters. The summed E-state index contributed by atoms with van der Waals surface area (Å²) in [5.41, 5.74) is 5.17. The first-order chi connectivity index (χ1) is 9.66. The highest BCUT2D eigenvalue weighted by molar-refractivity contribution is 7.89. The Morgan fingerprint density at radius 2 is 2.10 bits per heavy atom. The molecule has 0 saturated carbocycles. The number of sulfonamides is 1. The Labute approximate surface area is 130 Å². The fraction of sp³-hybridized carbons (Fsp3) is 0.462. The number of nitrogens with two attached hydrogens (primary N) is 1. The maximum absolute atomic E-state index is 13.7. The van der Waals surface area contributed by atoms with Crippen molar-refractivity contribution in [3.63, 3.8) is 0 Å². The molecular weight excluding hydrogens is 313 g/mol. The highest BCUT2D eigenvalue weighted by Crippen LogP contribution is 2.18. The predicted molar refractivity (Wildman–Crippen MR) is 85.2 cm³/mol. The van der Waals surface area contributed by atoms with E-state index in [0.717, 1.165) is 6.07 Å². The predicted octanol–water partition coefficient (Wildman–Crippen LogP) is 1.08. The van der Waals surface area contributed by atoms with Gasteiger partial charge in [-0.05, 0) is 33.0 Å². The van der Waals surface area contributed by atoms with Crippen molar-refractivity contribution in [1.29, 1.82) is 0 Å². The molecule has 0 amide bonds. The van der Waals surface area contributed by atoms with Crippen LogP contribution in [0.3, 0.4) is 0 Å². The third-order valence-electron chi connectivity index (χ3n) is 3.15. The van der Waals surface area contributed by atoms with E-state index in [-0.39, 0.29) is 22.0 Å². The van der Waals surface area contributed by atoms with Crippen LogP contribution >= 0.6 is 12.2 Å². The first-order valence-electron chi connectivity index (χ1n) is 6.45. The van der Waals surface area contributed by atoms with E-state index in [0.29, 0.717) is 12.6 Å². The van der Waals surface area contributed by atoms with Gasteiger partial charge in [0.15, 0.2) is 0 Å². The van der Waals surface area contributed by atoms with Gasteiger partial charge in [0.05, 0.1) is 10.5 Å². The fourth-order valence-electron chi connectivity index (χ4n) is 1.66. The Hall–Kier alpha value is -1.09. The maximum Gasteiger partial charge on any atom is 0.241 e. The van der Waals surface area contributed by atoms with Crippen LogP contribution in [0.15, 0.2) is 23.1 Å². The van der Waals surface area contributed by atoms with Crippen molar-refractivity contribution in [3.8, 4) is 0 Å². The second-order valence-electron chi connectivity index (χ2n) is 4.95. The highest BCUT2D eigenvalue weighted by Gasteiger charge is 2.22. The lowest BCUT2D eigenvalue weighted by Gasteiger charge is -2.21. The van der Waals surface area contributed by atoms with Gasteiger partial charge in [-0.25, -0.2) is 17.5 Å². The number of hydrogen-bond donors (Lipinski definition) is 2. The summed E-state index contributed by atoms with van der Waals surface area (Å²) < 4.78 is 40.7. The third kappa shape index (κ3) is 4.70. The average molecular weight is 333 g/mol. The van der Waals surface area contributed by atoms with Crippen LogP contribution in [0.2, 0.25) is 0 Å². The molecule has 0 atom stereocenters. The maximum atomic E-state index is 13.7. The van der Waals surface area contributed by atoms with Crippen molar-refractivity contribution in [2.45, 2.75) is 24.8 Å². The van der Waals surface area contributed by atoms with Crippen molar-refractivity contribution in [2.75, 3.05) is 20.1 Å². The zero-order chi connectivity index (χ0) is 16.2. The molecule has 0 saturated heterocycles. The average Bonchev–Trinajstić information content (AvgIpc) is 2.37. The zero-order valence-electron chi connectivity index (χ0n) is 12.3. The highest BCUT2D eigenvalue weighted by atomic mass is 32.2. The van der Waals surface area contributed by atoms with Gasteiger partial charge in [-0.3, -0.25) is 0 Å². The van der Waals surface area contributed by atoms with Crippen molar-refractivity contribution < 1.29 is 12.8 Å². The molecule has 0 aromatic heterocycles. The molecule has 0 bridgehead atoms. The number of halogens is 1. The summed E-state index contributed by atoms with van der Waals surface area (Å²) in [7, 11) is -1.97. The van der Waals surface area contributed by atoms with Gasteiger partial charge in [-0.2, -0.15) is 0 Å². The van der Waals surface area contributed by atoms with E-state index >= 15 is 0 Å². The van der Waals surface area contributed by atoms with Gasteiger partial charge in [0, 0.05) is 19.1 Å². The quantitative estimate of drug-likeness (QED) is 0.730. The summed E-state index contributed by atoms with van der Waals surface area (Å²) >= 11 is 4.73. The van der Waals surface area contributed by atoms with E-state index in [2.05, 4.69) is 4.72 Å². The van der Waals surface area contributed by atoms with Crippen molar-refractivity contribution in [2.24, 2.45) is 5.73 Å². The van der Waals surface area contributed by atoms with E-state index in [4.69, 9.17) is 18.0 Å². The molecule has 0 fully saturated rings. The normalized spacial score (nSPS) is 12.1. The first kappa shape index (κ1) is 18.0. The van der Waals surface area contributed by atoms with Gasteiger partial charge < -0.3 is 10.6 Å². The Bertz CT molecular complexity index is 618. The van der Waals surface area contributed by atoms with Gasteiger partial charge in [-0.1, -0.05) is 18.3 Å². The van der Waals surface area contributed by atoms with Crippen molar-refractivity contribution in [3.05, 3.63) is 29.6 Å². The lowest BCUT2D eigenvalue weighted by atomic mass is 10.2. The van der Waals surface area contributed by atoms with Crippen LogP contribution in [0.1, 0.15) is 19.4 Å².